The Hall–Kier alpha value is -0.900. The van der Waals surface area contributed by atoms with Crippen LogP contribution in [0.3, 0.4) is 0 Å². The van der Waals surface area contributed by atoms with Crippen molar-refractivity contribution in [2.45, 2.75) is 51.1 Å². The summed E-state index contributed by atoms with van der Waals surface area (Å²) >= 11 is 0. The Balaban J connectivity index is 1.91. The third-order valence-corrected chi connectivity index (χ3v) is 3.26. The van der Waals surface area contributed by atoms with Gasteiger partial charge < -0.3 is 14.6 Å². The van der Waals surface area contributed by atoms with E-state index in [1.54, 1.807) is 0 Å². The number of benzene rings is 1. The summed E-state index contributed by atoms with van der Waals surface area (Å²) in [5.41, 5.74) is 1.31. The van der Waals surface area contributed by atoms with Crippen LogP contribution in [0.25, 0.3) is 0 Å². The van der Waals surface area contributed by atoms with E-state index in [0.717, 1.165) is 12.8 Å². The molecular weight excluding hydrogens is 228 g/mol. The maximum Gasteiger partial charge on any atom is 0.163 e. The van der Waals surface area contributed by atoms with Gasteiger partial charge in [0.15, 0.2) is 5.79 Å². The number of rotatable bonds is 5. The molecular formula is C15H22O3. The van der Waals surface area contributed by atoms with Crippen LogP contribution in [0.15, 0.2) is 30.3 Å². The summed E-state index contributed by atoms with van der Waals surface area (Å²) in [7, 11) is 0. The van der Waals surface area contributed by atoms with E-state index < -0.39 is 5.79 Å². The molecule has 2 atom stereocenters. The normalized spacial score (nSPS) is 26.4. The molecule has 1 aliphatic heterocycles. The molecule has 1 saturated heterocycles. The van der Waals surface area contributed by atoms with Crippen LogP contribution in [0.4, 0.5) is 0 Å². The number of aliphatic hydroxyl groups is 1. The second-order valence-electron chi connectivity index (χ2n) is 5.25. The lowest BCUT2D eigenvalue weighted by atomic mass is 10.0. The zero-order valence-electron chi connectivity index (χ0n) is 11.1. The third-order valence-electron chi connectivity index (χ3n) is 3.26. The molecule has 18 heavy (non-hydrogen) atoms. The minimum absolute atomic E-state index is 0.00807. The zero-order chi connectivity index (χ0) is 13.0. The fourth-order valence-electron chi connectivity index (χ4n) is 2.48. The summed E-state index contributed by atoms with van der Waals surface area (Å²) in [6, 6.07) is 10.4. The lowest BCUT2D eigenvalue weighted by Gasteiger charge is -2.16. The van der Waals surface area contributed by atoms with Crippen LogP contribution in [0.2, 0.25) is 0 Å². The number of aliphatic hydroxyl groups excluding tert-OH is 1. The van der Waals surface area contributed by atoms with Gasteiger partial charge in [0.2, 0.25) is 0 Å². The maximum atomic E-state index is 9.06. The first kappa shape index (κ1) is 13.5. The van der Waals surface area contributed by atoms with Crippen molar-refractivity contribution in [1.82, 2.24) is 0 Å². The maximum absolute atomic E-state index is 9.06. The predicted octanol–water partition coefficient (Wildman–Crippen LogP) is 2.52. The second-order valence-corrected chi connectivity index (χ2v) is 5.25. The van der Waals surface area contributed by atoms with Gasteiger partial charge in [-0.25, -0.2) is 0 Å². The molecule has 0 spiro atoms. The first-order valence-corrected chi connectivity index (χ1v) is 6.61. The van der Waals surface area contributed by atoms with Gasteiger partial charge >= 0.3 is 0 Å². The summed E-state index contributed by atoms with van der Waals surface area (Å²) in [4.78, 5) is 0. The summed E-state index contributed by atoms with van der Waals surface area (Å²) < 4.78 is 11.7. The van der Waals surface area contributed by atoms with Crippen LogP contribution in [-0.2, 0) is 15.9 Å². The van der Waals surface area contributed by atoms with Gasteiger partial charge in [0.25, 0.3) is 0 Å². The highest BCUT2D eigenvalue weighted by atomic mass is 16.7. The highest BCUT2D eigenvalue weighted by Gasteiger charge is 2.40. The van der Waals surface area contributed by atoms with Crippen molar-refractivity contribution in [3.8, 4) is 0 Å². The number of hydrogen-bond donors (Lipinski definition) is 1. The molecule has 1 aromatic carbocycles. The molecule has 3 nitrogen and oxygen atoms in total. The Morgan fingerprint density at radius 3 is 2.28 bits per heavy atom. The van der Waals surface area contributed by atoms with Gasteiger partial charge in [-0.1, -0.05) is 30.3 Å². The van der Waals surface area contributed by atoms with Crippen LogP contribution < -0.4 is 0 Å². The molecule has 2 unspecified atom stereocenters. The van der Waals surface area contributed by atoms with Crippen molar-refractivity contribution in [3.63, 3.8) is 0 Å². The van der Waals surface area contributed by atoms with E-state index in [4.69, 9.17) is 14.6 Å². The molecule has 0 aromatic heterocycles. The average Bonchev–Trinajstić information content (AvgIpc) is 2.63. The van der Waals surface area contributed by atoms with Gasteiger partial charge in [0, 0.05) is 6.61 Å². The van der Waals surface area contributed by atoms with Crippen LogP contribution in [0.5, 0.6) is 0 Å². The molecule has 0 aliphatic carbocycles. The van der Waals surface area contributed by atoms with Crippen LogP contribution >= 0.6 is 0 Å². The number of ether oxygens (including phenoxy) is 2. The fourth-order valence-corrected chi connectivity index (χ4v) is 2.48. The lowest BCUT2D eigenvalue weighted by Crippen LogP contribution is -2.24. The molecule has 0 radical (unpaired) electrons. The van der Waals surface area contributed by atoms with E-state index in [1.165, 1.54) is 5.56 Å². The van der Waals surface area contributed by atoms with Crippen molar-refractivity contribution in [2.24, 2.45) is 0 Å². The molecule has 100 valence electrons. The fraction of sp³-hybridized carbons (Fsp3) is 0.600. The summed E-state index contributed by atoms with van der Waals surface area (Å²) in [5, 5.41) is 9.06. The predicted molar refractivity (Wildman–Crippen MR) is 70.3 cm³/mol. The van der Waals surface area contributed by atoms with Gasteiger partial charge in [-0.3, -0.25) is 0 Å². The summed E-state index contributed by atoms with van der Waals surface area (Å²) in [6.45, 7) is 4.01. The van der Waals surface area contributed by atoms with Crippen LogP contribution in [0, 0.1) is 0 Å². The summed E-state index contributed by atoms with van der Waals surface area (Å²) in [6.07, 6.45) is 2.63. The largest absolute Gasteiger partial charge is 0.396 e. The third kappa shape index (κ3) is 3.55. The Labute approximate surface area is 109 Å². The minimum atomic E-state index is -0.527. The van der Waals surface area contributed by atoms with E-state index in [2.05, 4.69) is 24.3 Å². The molecule has 1 N–H and O–H groups in total. The van der Waals surface area contributed by atoms with Crippen molar-refractivity contribution < 1.29 is 14.6 Å². The second kappa shape index (κ2) is 5.83. The van der Waals surface area contributed by atoms with E-state index in [-0.39, 0.29) is 18.8 Å². The highest BCUT2D eigenvalue weighted by Crippen LogP contribution is 2.32. The first-order valence-electron chi connectivity index (χ1n) is 6.61. The lowest BCUT2D eigenvalue weighted by molar-refractivity contribution is -0.147. The summed E-state index contributed by atoms with van der Waals surface area (Å²) in [5.74, 6) is -0.527. The van der Waals surface area contributed by atoms with Gasteiger partial charge in [0.05, 0.1) is 12.2 Å². The molecule has 0 amide bonds. The minimum Gasteiger partial charge on any atom is -0.396 e. The molecule has 0 bridgehead atoms. The van der Waals surface area contributed by atoms with Crippen LogP contribution in [-0.4, -0.2) is 29.7 Å². The molecule has 3 heteroatoms. The Bertz CT molecular complexity index is 361. The smallest absolute Gasteiger partial charge is 0.163 e. The van der Waals surface area contributed by atoms with Crippen LogP contribution in [0.1, 0.15) is 32.3 Å². The van der Waals surface area contributed by atoms with Gasteiger partial charge in [0.1, 0.15) is 0 Å². The quantitative estimate of drug-likeness (QED) is 0.872. The molecule has 1 fully saturated rings. The van der Waals surface area contributed by atoms with E-state index in [9.17, 15) is 0 Å². The molecule has 1 heterocycles. The Kier molecular flexibility index (Phi) is 4.38. The monoisotopic (exact) mass is 250 g/mol. The first-order chi connectivity index (χ1) is 8.61. The highest BCUT2D eigenvalue weighted by molar-refractivity contribution is 5.14. The van der Waals surface area contributed by atoms with Crippen molar-refractivity contribution in [1.29, 1.82) is 0 Å². The van der Waals surface area contributed by atoms with Crippen molar-refractivity contribution in [3.05, 3.63) is 35.9 Å². The SMILES string of the molecule is CC1(C)OC(CCO)C(CCc2ccccc2)O1. The van der Waals surface area contributed by atoms with E-state index >= 15 is 0 Å². The van der Waals surface area contributed by atoms with Gasteiger partial charge in [-0.15, -0.1) is 0 Å². The van der Waals surface area contributed by atoms with E-state index in [1.807, 2.05) is 19.9 Å². The number of aryl methyl sites for hydroxylation is 1. The molecule has 1 aromatic rings. The average molecular weight is 250 g/mol. The van der Waals surface area contributed by atoms with Crippen molar-refractivity contribution >= 4 is 0 Å². The standard InChI is InChI=1S/C15H22O3/c1-15(2)17-13(14(18-15)10-11-16)9-8-12-6-4-3-5-7-12/h3-7,13-14,16H,8-11H2,1-2H3. The number of hydrogen-bond acceptors (Lipinski definition) is 3. The van der Waals surface area contributed by atoms with Gasteiger partial charge in [-0.2, -0.15) is 0 Å². The topological polar surface area (TPSA) is 38.7 Å². The molecule has 2 rings (SSSR count). The zero-order valence-corrected chi connectivity index (χ0v) is 11.1. The van der Waals surface area contributed by atoms with Crippen molar-refractivity contribution in [2.75, 3.05) is 6.61 Å². The molecule has 0 saturated carbocycles. The Morgan fingerprint density at radius 2 is 1.67 bits per heavy atom. The van der Waals surface area contributed by atoms with Gasteiger partial charge in [-0.05, 0) is 38.7 Å². The molecule has 1 aliphatic rings. The Morgan fingerprint density at radius 1 is 1.06 bits per heavy atom. The van der Waals surface area contributed by atoms with E-state index in [0.29, 0.717) is 6.42 Å².